The Bertz CT molecular complexity index is 1220. The van der Waals surface area contributed by atoms with Crippen LogP contribution < -0.4 is 4.74 Å². The monoisotopic (exact) mass is 391 g/mol. The van der Waals surface area contributed by atoms with Gasteiger partial charge < -0.3 is 14.6 Å². The maximum absolute atomic E-state index is 13.5. The van der Waals surface area contributed by atoms with Crippen molar-refractivity contribution < 1.29 is 9.53 Å². The molecule has 1 atom stereocenters. The third-order valence-electron chi connectivity index (χ3n) is 5.39. The molecule has 0 bridgehead atoms. The van der Waals surface area contributed by atoms with Gasteiger partial charge in [-0.3, -0.25) is 9.48 Å². The lowest BCUT2D eigenvalue weighted by atomic mass is 9.99. The van der Waals surface area contributed by atoms with Crippen LogP contribution in [0.5, 0.6) is 5.75 Å². The fraction of sp³-hybridized carbons (Fsp3) is 0.300. The van der Waals surface area contributed by atoms with Crippen LogP contribution in [0.4, 0.5) is 0 Å². The van der Waals surface area contributed by atoms with E-state index in [-0.39, 0.29) is 5.91 Å². The van der Waals surface area contributed by atoms with Crippen LogP contribution in [0, 0.1) is 6.92 Å². The molecule has 0 spiro atoms. The van der Waals surface area contributed by atoms with Crippen LogP contribution in [0.3, 0.4) is 0 Å². The van der Waals surface area contributed by atoms with Crippen molar-refractivity contribution in [3.05, 3.63) is 65.3 Å². The van der Waals surface area contributed by atoms with E-state index in [1.807, 2.05) is 42.3 Å². The van der Waals surface area contributed by atoms with Crippen molar-refractivity contribution in [3.63, 3.8) is 0 Å². The van der Waals surface area contributed by atoms with Gasteiger partial charge in [-0.1, -0.05) is 0 Å². The average molecular weight is 391 g/mol. The number of pyridine rings is 1. The molecular formula is C20H21N7O2. The number of carbonyl (C=O) groups is 1. The van der Waals surface area contributed by atoms with Crippen LogP contribution in [-0.4, -0.2) is 53.8 Å². The van der Waals surface area contributed by atoms with Gasteiger partial charge in [0.25, 0.3) is 5.91 Å². The maximum atomic E-state index is 13.5. The number of imidazole rings is 1. The summed E-state index contributed by atoms with van der Waals surface area (Å²) >= 11 is 0. The van der Waals surface area contributed by atoms with Gasteiger partial charge in [0.05, 0.1) is 30.5 Å². The maximum Gasteiger partial charge on any atom is 0.273 e. The number of hydrogen-bond acceptors (Lipinski definition) is 5. The number of aryl methyl sites for hydroxylation is 2. The van der Waals surface area contributed by atoms with Gasteiger partial charge in [0, 0.05) is 31.9 Å². The highest BCUT2D eigenvalue weighted by atomic mass is 16.5. The number of rotatable bonds is 3. The van der Waals surface area contributed by atoms with Crippen molar-refractivity contribution in [2.75, 3.05) is 13.7 Å². The number of H-pyrrole nitrogens is 1. The molecule has 4 aromatic heterocycles. The molecule has 1 amide bonds. The second-order valence-corrected chi connectivity index (χ2v) is 7.19. The van der Waals surface area contributed by atoms with Crippen molar-refractivity contribution in [1.29, 1.82) is 0 Å². The van der Waals surface area contributed by atoms with E-state index in [2.05, 4.69) is 15.1 Å². The highest BCUT2D eigenvalue weighted by Crippen LogP contribution is 2.35. The number of carbonyl (C=O) groups excluding carboxylic acids is 1. The van der Waals surface area contributed by atoms with Crippen LogP contribution in [-0.2, 0) is 13.5 Å². The summed E-state index contributed by atoms with van der Waals surface area (Å²) in [6.45, 7) is 2.44. The minimum Gasteiger partial charge on any atom is -0.494 e. The lowest BCUT2D eigenvalue weighted by Crippen LogP contribution is -2.41. The first-order valence-electron chi connectivity index (χ1n) is 9.43. The lowest BCUT2D eigenvalue weighted by molar-refractivity contribution is 0.0675. The Balaban J connectivity index is 1.65. The van der Waals surface area contributed by atoms with E-state index in [9.17, 15) is 4.79 Å². The van der Waals surface area contributed by atoms with Crippen molar-refractivity contribution >= 4 is 11.4 Å². The summed E-state index contributed by atoms with van der Waals surface area (Å²) in [6.07, 6.45) is 4.26. The molecule has 0 aliphatic carbocycles. The van der Waals surface area contributed by atoms with Crippen LogP contribution >= 0.6 is 0 Å². The topological polar surface area (TPSA) is 93.3 Å². The molecule has 0 fully saturated rings. The van der Waals surface area contributed by atoms with Gasteiger partial charge in [-0.2, -0.15) is 10.2 Å². The molecule has 9 nitrogen and oxygen atoms in total. The third kappa shape index (κ3) is 2.69. The Morgan fingerprint density at radius 3 is 2.93 bits per heavy atom. The second kappa shape index (κ2) is 6.47. The SMILES string of the molecule is COc1cccn2nc([C@H]3c4nc[nH]c4CCN3C(=O)c3cc(C)nn3C)cc12. The predicted octanol–water partition coefficient (Wildman–Crippen LogP) is 1.90. The molecule has 0 saturated heterocycles. The van der Waals surface area contributed by atoms with E-state index in [4.69, 9.17) is 9.84 Å². The van der Waals surface area contributed by atoms with E-state index < -0.39 is 6.04 Å². The highest BCUT2D eigenvalue weighted by molar-refractivity contribution is 5.93. The zero-order valence-corrected chi connectivity index (χ0v) is 16.5. The molecule has 5 heterocycles. The predicted molar refractivity (Wildman–Crippen MR) is 105 cm³/mol. The zero-order chi connectivity index (χ0) is 20.1. The molecule has 148 valence electrons. The molecule has 0 radical (unpaired) electrons. The van der Waals surface area contributed by atoms with Gasteiger partial charge in [-0.15, -0.1) is 0 Å². The fourth-order valence-corrected chi connectivity index (χ4v) is 4.07. The quantitative estimate of drug-likeness (QED) is 0.576. The molecule has 1 N–H and O–H groups in total. The normalized spacial score (nSPS) is 16.2. The van der Waals surface area contributed by atoms with Gasteiger partial charge in [-0.25, -0.2) is 9.50 Å². The summed E-state index contributed by atoms with van der Waals surface area (Å²) in [6, 6.07) is 7.15. The molecule has 9 heteroatoms. The minimum absolute atomic E-state index is 0.0872. The Morgan fingerprint density at radius 2 is 2.17 bits per heavy atom. The summed E-state index contributed by atoms with van der Waals surface area (Å²) in [5.74, 6) is 0.639. The van der Waals surface area contributed by atoms with E-state index in [0.29, 0.717) is 18.7 Å². The number of aromatic amines is 1. The van der Waals surface area contributed by atoms with Gasteiger partial charge in [0.1, 0.15) is 23.0 Å². The second-order valence-electron chi connectivity index (χ2n) is 7.19. The Kier molecular flexibility index (Phi) is 3.90. The largest absolute Gasteiger partial charge is 0.494 e. The molecule has 29 heavy (non-hydrogen) atoms. The average Bonchev–Trinajstić information content (AvgIpc) is 3.43. The van der Waals surface area contributed by atoms with Gasteiger partial charge in [-0.05, 0) is 31.2 Å². The van der Waals surface area contributed by atoms with Crippen LogP contribution in [0.25, 0.3) is 5.52 Å². The first-order chi connectivity index (χ1) is 14.1. The molecule has 4 aromatic rings. The summed E-state index contributed by atoms with van der Waals surface area (Å²) < 4.78 is 8.87. The van der Waals surface area contributed by atoms with E-state index >= 15 is 0 Å². The number of nitrogens with one attached hydrogen (secondary N) is 1. The molecule has 1 aliphatic heterocycles. The van der Waals surface area contributed by atoms with Crippen LogP contribution in [0.15, 0.2) is 36.8 Å². The Morgan fingerprint density at radius 1 is 1.31 bits per heavy atom. The fourth-order valence-electron chi connectivity index (χ4n) is 4.07. The van der Waals surface area contributed by atoms with Crippen molar-refractivity contribution in [1.82, 2.24) is 34.3 Å². The van der Waals surface area contributed by atoms with Gasteiger partial charge in [0.15, 0.2) is 0 Å². The van der Waals surface area contributed by atoms with E-state index in [0.717, 1.165) is 34.0 Å². The smallest absolute Gasteiger partial charge is 0.273 e. The standard InChI is InChI=1S/C20H21N7O2/c1-12-9-16(25(2)23-12)20(28)26-8-6-13-18(22-11-21-13)19(26)14-10-15-17(29-3)5-4-7-27(15)24-14/h4-5,7,9-11,19H,6,8H2,1-3H3,(H,21,22)/t19-/m0/s1. The molecular weight excluding hydrogens is 370 g/mol. The summed E-state index contributed by atoms with van der Waals surface area (Å²) in [5.41, 5.74) is 4.80. The minimum atomic E-state index is -0.391. The zero-order valence-electron chi connectivity index (χ0n) is 16.5. The molecule has 0 aromatic carbocycles. The number of methoxy groups -OCH3 is 1. The van der Waals surface area contributed by atoms with Crippen LogP contribution in [0.2, 0.25) is 0 Å². The number of ether oxygens (including phenoxy) is 1. The van der Waals surface area contributed by atoms with E-state index in [1.54, 1.807) is 29.7 Å². The van der Waals surface area contributed by atoms with Crippen molar-refractivity contribution in [2.45, 2.75) is 19.4 Å². The first kappa shape index (κ1) is 17.5. The van der Waals surface area contributed by atoms with Crippen molar-refractivity contribution in [3.8, 4) is 5.75 Å². The number of fused-ring (bicyclic) bond motifs is 2. The van der Waals surface area contributed by atoms with Gasteiger partial charge in [0.2, 0.25) is 0 Å². The summed E-state index contributed by atoms with van der Waals surface area (Å²) in [4.78, 5) is 23.0. The van der Waals surface area contributed by atoms with E-state index in [1.165, 1.54) is 0 Å². The number of amides is 1. The molecule has 1 aliphatic rings. The Hall–Kier alpha value is -3.62. The summed E-state index contributed by atoms with van der Waals surface area (Å²) in [5, 5.41) is 9.07. The molecule has 0 saturated carbocycles. The highest BCUT2D eigenvalue weighted by Gasteiger charge is 2.37. The van der Waals surface area contributed by atoms with Gasteiger partial charge >= 0.3 is 0 Å². The van der Waals surface area contributed by atoms with Crippen molar-refractivity contribution in [2.24, 2.45) is 7.05 Å². The number of nitrogens with zero attached hydrogens (tertiary/aromatic N) is 6. The molecule has 0 unspecified atom stereocenters. The number of aromatic nitrogens is 6. The number of hydrogen-bond donors (Lipinski definition) is 1. The summed E-state index contributed by atoms with van der Waals surface area (Å²) in [7, 11) is 3.42. The third-order valence-corrected chi connectivity index (χ3v) is 5.39. The van der Waals surface area contributed by atoms with Crippen LogP contribution in [0.1, 0.15) is 39.3 Å². The molecule has 5 rings (SSSR count). The first-order valence-corrected chi connectivity index (χ1v) is 9.43. The lowest BCUT2D eigenvalue weighted by Gasteiger charge is -2.33. The Labute approximate surface area is 166 Å².